The van der Waals surface area contributed by atoms with Crippen molar-refractivity contribution < 1.29 is 19.4 Å². The van der Waals surface area contributed by atoms with Gasteiger partial charge in [0.2, 0.25) is 0 Å². The van der Waals surface area contributed by atoms with Gasteiger partial charge in [0.25, 0.3) is 0 Å². The lowest BCUT2D eigenvalue weighted by Gasteiger charge is -2.45. The number of anilines is 2. The smallest absolute Gasteiger partial charge is 0.344 e. The second-order valence-corrected chi connectivity index (χ2v) is 10.2. The van der Waals surface area contributed by atoms with Crippen LogP contribution in [0.4, 0.5) is 11.4 Å². The molecule has 7 rings (SSSR count). The Hall–Kier alpha value is -3.67. The summed E-state index contributed by atoms with van der Waals surface area (Å²) in [5.74, 6) is -0.379. The molecule has 0 saturated heterocycles. The van der Waals surface area contributed by atoms with Gasteiger partial charge in [-0.15, -0.1) is 0 Å². The minimum absolute atomic E-state index is 0.156. The second-order valence-electron chi connectivity index (χ2n) is 10.2. The predicted molar refractivity (Wildman–Crippen MR) is 124 cm³/mol. The molecule has 3 aromatic carbocycles. The molecule has 3 aromatic rings. The number of phenolic OH excluding ortho intramolecular Hbond substituents is 1. The second kappa shape index (κ2) is 5.28. The van der Waals surface area contributed by atoms with Gasteiger partial charge in [-0.2, -0.15) is 0 Å². The fourth-order valence-electron chi connectivity index (χ4n) is 6.56. The molecule has 0 fully saturated rings. The lowest BCUT2D eigenvalue weighted by atomic mass is 9.65. The number of hydrogen-bond acceptors (Lipinski definition) is 6. The molecule has 0 aromatic heterocycles. The van der Waals surface area contributed by atoms with Crippen LogP contribution >= 0.6 is 0 Å². The molecule has 166 valence electrons. The first-order valence-electron chi connectivity index (χ1n) is 11.2. The van der Waals surface area contributed by atoms with Crippen molar-refractivity contribution in [3.63, 3.8) is 0 Å². The Balaban J connectivity index is 1.57. The quantitative estimate of drug-likeness (QED) is 0.434. The number of ether oxygens (including phenoxy) is 2. The Morgan fingerprint density at radius 1 is 0.727 bits per heavy atom. The summed E-state index contributed by atoms with van der Waals surface area (Å²) < 4.78 is 12.4. The SMILES string of the molecule is C[C@]12c3ccccc3N[C@@]1(C)Oc1c2cc2c(c1O)C(=O)O[C@]1(C)Nc3ccccc3[C@]21C. The van der Waals surface area contributed by atoms with E-state index < -0.39 is 28.2 Å². The number of nitrogens with one attached hydrogen (secondary N) is 2. The summed E-state index contributed by atoms with van der Waals surface area (Å²) in [7, 11) is 0. The highest BCUT2D eigenvalue weighted by atomic mass is 16.6. The van der Waals surface area contributed by atoms with Gasteiger partial charge in [-0.25, -0.2) is 4.79 Å². The van der Waals surface area contributed by atoms with E-state index in [1.807, 2.05) is 50.2 Å². The van der Waals surface area contributed by atoms with Gasteiger partial charge in [0.05, 0.1) is 10.8 Å². The topological polar surface area (TPSA) is 79.8 Å². The van der Waals surface area contributed by atoms with Gasteiger partial charge in [0, 0.05) is 16.9 Å². The molecule has 0 unspecified atom stereocenters. The van der Waals surface area contributed by atoms with Gasteiger partial charge >= 0.3 is 5.97 Å². The number of carbonyl (C=O) groups excluding carboxylic acids is 1. The number of phenols is 1. The van der Waals surface area contributed by atoms with E-state index in [0.717, 1.165) is 33.6 Å². The molecule has 0 radical (unpaired) electrons. The van der Waals surface area contributed by atoms with Crippen molar-refractivity contribution in [2.75, 3.05) is 10.6 Å². The summed E-state index contributed by atoms with van der Waals surface area (Å²) >= 11 is 0. The largest absolute Gasteiger partial charge is 0.504 e. The number of benzene rings is 3. The molecule has 0 spiro atoms. The van der Waals surface area contributed by atoms with E-state index in [1.54, 1.807) is 0 Å². The molecule has 4 aliphatic heterocycles. The molecule has 0 amide bonds. The minimum atomic E-state index is -0.989. The summed E-state index contributed by atoms with van der Waals surface area (Å²) in [5, 5.41) is 18.4. The summed E-state index contributed by atoms with van der Waals surface area (Å²) in [4.78, 5) is 13.3. The molecule has 33 heavy (non-hydrogen) atoms. The van der Waals surface area contributed by atoms with Crippen molar-refractivity contribution in [2.24, 2.45) is 0 Å². The summed E-state index contributed by atoms with van der Waals surface area (Å²) in [5.41, 5.74) is 2.77. The Labute approximate surface area is 191 Å². The molecule has 6 heteroatoms. The molecule has 4 atom stereocenters. The van der Waals surface area contributed by atoms with Crippen LogP contribution in [0.3, 0.4) is 0 Å². The maximum absolute atomic E-state index is 13.3. The van der Waals surface area contributed by atoms with E-state index in [4.69, 9.17) is 9.47 Å². The zero-order chi connectivity index (χ0) is 23.0. The average Bonchev–Trinajstić information content (AvgIpc) is 3.25. The fraction of sp³-hybridized carbons (Fsp3) is 0.296. The Morgan fingerprint density at radius 2 is 1.24 bits per heavy atom. The van der Waals surface area contributed by atoms with Crippen molar-refractivity contribution in [2.45, 2.75) is 50.0 Å². The molecule has 4 heterocycles. The van der Waals surface area contributed by atoms with Crippen LogP contribution < -0.4 is 15.4 Å². The Bertz CT molecular complexity index is 1430. The lowest BCUT2D eigenvalue weighted by molar-refractivity contribution is -0.0272. The van der Waals surface area contributed by atoms with Gasteiger partial charge in [0.1, 0.15) is 5.56 Å². The van der Waals surface area contributed by atoms with Gasteiger partial charge in [-0.05, 0) is 62.6 Å². The standard InChI is InChI=1S/C27H24N2O4/c1-24-14-9-5-7-11-18(14)29-27(24,4)33-23(31)20-16(24)13-17-22(21(20)30)32-26(3)25(17,2)15-10-6-8-12-19(15)28-26/h5-13,28-30H,1-4H3/t24-,25-,26+,27+/m1/s1. The summed E-state index contributed by atoms with van der Waals surface area (Å²) in [6, 6.07) is 18.2. The van der Waals surface area contributed by atoms with Crippen LogP contribution in [0.1, 0.15) is 60.3 Å². The third kappa shape index (κ3) is 1.80. The van der Waals surface area contributed by atoms with E-state index >= 15 is 0 Å². The number of esters is 1. The average molecular weight is 440 g/mol. The molecule has 0 aliphatic carbocycles. The Kier molecular flexibility index (Phi) is 3.02. The predicted octanol–water partition coefficient (Wildman–Crippen LogP) is 4.85. The monoisotopic (exact) mass is 440 g/mol. The van der Waals surface area contributed by atoms with Crippen molar-refractivity contribution in [3.05, 3.63) is 82.4 Å². The number of rotatable bonds is 0. The Morgan fingerprint density at radius 3 is 1.85 bits per heavy atom. The van der Waals surface area contributed by atoms with E-state index in [1.165, 1.54) is 0 Å². The van der Waals surface area contributed by atoms with Crippen molar-refractivity contribution >= 4 is 17.3 Å². The van der Waals surface area contributed by atoms with E-state index in [-0.39, 0.29) is 11.3 Å². The number of fused-ring (bicyclic) bond motifs is 10. The highest BCUT2D eigenvalue weighted by Crippen LogP contribution is 2.64. The van der Waals surface area contributed by atoms with Crippen LogP contribution in [0.5, 0.6) is 11.5 Å². The summed E-state index contributed by atoms with van der Waals surface area (Å²) in [6.07, 6.45) is 0. The van der Waals surface area contributed by atoms with Crippen molar-refractivity contribution in [1.29, 1.82) is 0 Å². The zero-order valence-electron chi connectivity index (χ0n) is 18.9. The van der Waals surface area contributed by atoms with Crippen LogP contribution in [0.15, 0.2) is 54.6 Å². The van der Waals surface area contributed by atoms with Gasteiger partial charge in [-0.1, -0.05) is 36.4 Å². The van der Waals surface area contributed by atoms with Crippen LogP contribution in [0.2, 0.25) is 0 Å². The maximum atomic E-state index is 13.3. The number of hydrogen-bond donors (Lipinski definition) is 3. The van der Waals surface area contributed by atoms with Crippen molar-refractivity contribution in [1.82, 2.24) is 0 Å². The van der Waals surface area contributed by atoms with Crippen molar-refractivity contribution in [3.8, 4) is 11.5 Å². The van der Waals surface area contributed by atoms with Crippen LogP contribution in [0.25, 0.3) is 0 Å². The normalized spacial score (nSPS) is 33.9. The molecule has 6 nitrogen and oxygen atoms in total. The first-order valence-corrected chi connectivity index (χ1v) is 11.2. The molecule has 3 N–H and O–H groups in total. The third-order valence-electron chi connectivity index (χ3n) is 8.73. The molecular formula is C27H24N2O4. The minimum Gasteiger partial charge on any atom is -0.504 e. The van der Waals surface area contributed by atoms with Crippen LogP contribution in [-0.4, -0.2) is 22.5 Å². The lowest BCUT2D eigenvalue weighted by Crippen LogP contribution is -2.56. The molecule has 0 bridgehead atoms. The molecular weight excluding hydrogens is 416 g/mol. The highest BCUT2D eigenvalue weighted by Gasteiger charge is 2.65. The first-order chi connectivity index (χ1) is 15.6. The van der Waals surface area contributed by atoms with Gasteiger partial charge in [-0.3, -0.25) is 0 Å². The van der Waals surface area contributed by atoms with E-state index in [9.17, 15) is 9.90 Å². The van der Waals surface area contributed by atoms with Crippen LogP contribution in [0, 0.1) is 0 Å². The van der Waals surface area contributed by atoms with Gasteiger partial charge in [0.15, 0.2) is 22.9 Å². The third-order valence-corrected chi connectivity index (χ3v) is 8.73. The molecule has 0 saturated carbocycles. The molecule has 4 aliphatic rings. The fourth-order valence-corrected chi connectivity index (χ4v) is 6.56. The van der Waals surface area contributed by atoms with E-state index in [0.29, 0.717) is 5.75 Å². The number of para-hydroxylation sites is 2. The highest BCUT2D eigenvalue weighted by molar-refractivity contribution is 6.00. The number of carbonyl (C=O) groups is 1. The van der Waals surface area contributed by atoms with E-state index in [2.05, 4.69) is 42.7 Å². The van der Waals surface area contributed by atoms with Crippen LogP contribution in [-0.2, 0) is 15.6 Å². The zero-order valence-corrected chi connectivity index (χ0v) is 18.9. The number of aromatic hydroxyl groups is 1. The first kappa shape index (κ1) is 18.9. The maximum Gasteiger partial charge on any atom is 0.344 e. The summed E-state index contributed by atoms with van der Waals surface area (Å²) in [6.45, 7) is 8.09. The van der Waals surface area contributed by atoms with Gasteiger partial charge < -0.3 is 25.2 Å².